The molecule has 0 unspecified atom stereocenters. The molecule has 9 heteroatoms. The lowest BCUT2D eigenvalue weighted by Crippen LogP contribution is -2.34. The normalized spacial score (nSPS) is 10.5. The predicted octanol–water partition coefficient (Wildman–Crippen LogP) is 4.49. The molecule has 0 aliphatic carbocycles. The number of hydrogen-bond donors (Lipinski definition) is 1. The fourth-order valence-corrected chi connectivity index (χ4v) is 3.91. The summed E-state index contributed by atoms with van der Waals surface area (Å²) in [4.78, 5) is 27.2. The number of ether oxygens (including phenoxy) is 2. The molecule has 0 saturated carbocycles. The quantitative estimate of drug-likeness (QED) is 0.446. The number of nitrogens with one attached hydrogen (secondary N) is 1. The van der Waals surface area contributed by atoms with E-state index in [4.69, 9.17) is 9.47 Å². The van der Waals surface area contributed by atoms with Crippen molar-refractivity contribution in [2.24, 2.45) is 0 Å². The van der Waals surface area contributed by atoms with Crippen molar-refractivity contribution >= 4 is 28.3 Å². The molecule has 1 heterocycles. The maximum atomic E-state index is 13.0. The summed E-state index contributed by atoms with van der Waals surface area (Å²) in [7, 11) is 3.18. The summed E-state index contributed by atoms with van der Waals surface area (Å²) in [5.74, 6) is 1.05. The van der Waals surface area contributed by atoms with Crippen LogP contribution in [-0.2, 0) is 4.79 Å². The van der Waals surface area contributed by atoms with E-state index >= 15 is 0 Å². The van der Waals surface area contributed by atoms with Crippen LogP contribution in [0.5, 0.6) is 11.5 Å². The highest BCUT2D eigenvalue weighted by Crippen LogP contribution is 2.27. The van der Waals surface area contributed by atoms with Crippen LogP contribution in [0.1, 0.15) is 36.5 Å². The summed E-state index contributed by atoms with van der Waals surface area (Å²) in [5, 5.41) is 12.1. The van der Waals surface area contributed by atoms with E-state index in [2.05, 4.69) is 22.4 Å². The topological polar surface area (TPSA) is 93.7 Å². The van der Waals surface area contributed by atoms with Gasteiger partial charge in [-0.2, -0.15) is 0 Å². The number of amides is 2. The smallest absolute Gasteiger partial charge is 0.254 e. The van der Waals surface area contributed by atoms with Gasteiger partial charge in [0.2, 0.25) is 11.0 Å². The molecule has 33 heavy (non-hydrogen) atoms. The first-order valence-electron chi connectivity index (χ1n) is 10.7. The monoisotopic (exact) mass is 468 g/mol. The molecule has 1 aromatic heterocycles. The van der Waals surface area contributed by atoms with Crippen molar-refractivity contribution in [2.45, 2.75) is 26.2 Å². The van der Waals surface area contributed by atoms with Gasteiger partial charge in [0.15, 0.2) is 0 Å². The number of methoxy groups -OCH3 is 2. The highest BCUT2D eigenvalue weighted by molar-refractivity contribution is 7.18. The molecule has 0 saturated heterocycles. The van der Waals surface area contributed by atoms with Crippen molar-refractivity contribution in [1.82, 2.24) is 15.1 Å². The summed E-state index contributed by atoms with van der Waals surface area (Å²) in [6.45, 7) is 2.96. The van der Waals surface area contributed by atoms with Crippen LogP contribution in [0.4, 0.5) is 5.13 Å². The second-order valence-corrected chi connectivity index (χ2v) is 8.29. The number of aromatic nitrogens is 2. The molecule has 3 rings (SSSR count). The highest BCUT2D eigenvalue weighted by Gasteiger charge is 2.18. The maximum absolute atomic E-state index is 13.0. The summed E-state index contributed by atoms with van der Waals surface area (Å²) >= 11 is 1.29. The van der Waals surface area contributed by atoms with Crippen LogP contribution in [0.25, 0.3) is 10.6 Å². The van der Waals surface area contributed by atoms with Gasteiger partial charge < -0.3 is 19.7 Å². The summed E-state index contributed by atoms with van der Waals surface area (Å²) < 4.78 is 10.4. The molecule has 3 aromatic rings. The molecule has 0 radical (unpaired) electrons. The van der Waals surface area contributed by atoms with Gasteiger partial charge in [0.1, 0.15) is 16.5 Å². The molecule has 1 N–H and O–H groups in total. The molecule has 2 aromatic carbocycles. The molecule has 2 amide bonds. The number of carbonyl (C=O) groups is 2. The lowest BCUT2D eigenvalue weighted by Gasteiger charge is -2.22. The number of anilines is 1. The molecule has 0 aliphatic heterocycles. The second-order valence-electron chi connectivity index (χ2n) is 7.32. The minimum atomic E-state index is -0.215. The SMILES string of the molecule is CCCCN(CCC(=O)Nc1nnc(-c2ccc(OC)cc2)s1)C(=O)c1cccc(OC)c1. The average Bonchev–Trinajstić information content (AvgIpc) is 3.32. The van der Waals surface area contributed by atoms with Crippen LogP contribution in [0.15, 0.2) is 48.5 Å². The summed E-state index contributed by atoms with van der Waals surface area (Å²) in [6.07, 6.45) is 1.98. The third kappa shape index (κ3) is 6.76. The minimum absolute atomic E-state index is 0.118. The Balaban J connectivity index is 1.59. The van der Waals surface area contributed by atoms with E-state index < -0.39 is 0 Å². The number of benzene rings is 2. The van der Waals surface area contributed by atoms with Gasteiger partial charge in [0, 0.05) is 30.6 Å². The Hall–Kier alpha value is -3.46. The second kappa shape index (κ2) is 12.0. The number of carbonyl (C=O) groups excluding carboxylic acids is 2. The summed E-state index contributed by atoms with van der Waals surface area (Å²) in [5.41, 5.74) is 1.43. The van der Waals surface area contributed by atoms with Gasteiger partial charge in [-0.05, 0) is 48.9 Å². The zero-order chi connectivity index (χ0) is 23.6. The van der Waals surface area contributed by atoms with E-state index in [0.29, 0.717) is 34.5 Å². The Morgan fingerprint density at radius 3 is 2.45 bits per heavy atom. The van der Waals surface area contributed by atoms with Crippen molar-refractivity contribution in [3.8, 4) is 22.1 Å². The Labute approximate surface area is 197 Å². The average molecular weight is 469 g/mol. The van der Waals surface area contributed by atoms with Crippen molar-refractivity contribution in [2.75, 3.05) is 32.6 Å². The van der Waals surface area contributed by atoms with Gasteiger partial charge in [-0.15, -0.1) is 10.2 Å². The standard InChI is InChI=1S/C24H28N4O4S/c1-4-5-14-28(23(30)18-7-6-8-20(16-18)32-3)15-13-21(29)25-24-27-26-22(33-24)17-9-11-19(31-2)12-10-17/h6-12,16H,4-5,13-15H2,1-3H3,(H,25,27,29). The molecule has 0 fully saturated rings. The van der Waals surface area contributed by atoms with E-state index in [9.17, 15) is 9.59 Å². The lowest BCUT2D eigenvalue weighted by molar-refractivity contribution is -0.116. The molecule has 0 aliphatic rings. The van der Waals surface area contributed by atoms with Gasteiger partial charge in [-0.1, -0.05) is 30.7 Å². The summed E-state index contributed by atoms with van der Waals surface area (Å²) in [6, 6.07) is 14.5. The maximum Gasteiger partial charge on any atom is 0.254 e. The molecule has 0 spiro atoms. The highest BCUT2D eigenvalue weighted by atomic mass is 32.1. The number of rotatable bonds is 11. The van der Waals surface area contributed by atoms with Crippen molar-refractivity contribution in [1.29, 1.82) is 0 Å². The fourth-order valence-electron chi connectivity index (χ4n) is 3.14. The minimum Gasteiger partial charge on any atom is -0.497 e. The fraction of sp³-hybridized carbons (Fsp3) is 0.333. The Morgan fingerprint density at radius 1 is 1.00 bits per heavy atom. The van der Waals surface area contributed by atoms with Crippen LogP contribution in [0, 0.1) is 0 Å². The molecular formula is C24H28N4O4S. The van der Waals surface area contributed by atoms with E-state index in [1.54, 1.807) is 43.4 Å². The number of hydrogen-bond acceptors (Lipinski definition) is 7. The zero-order valence-electron chi connectivity index (χ0n) is 19.0. The van der Waals surface area contributed by atoms with Crippen molar-refractivity contribution in [3.05, 3.63) is 54.1 Å². The molecule has 174 valence electrons. The van der Waals surface area contributed by atoms with Gasteiger partial charge in [-0.3, -0.25) is 9.59 Å². The Morgan fingerprint density at radius 2 is 1.76 bits per heavy atom. The Kier molecular flexibility index (Phi) is 8.77. The first kappa shape index (κ1) is 24.2. The largest absolute Gasteiger partial charge is 0.497 e. The predicted molar refractivity (Wildman–Crippen MR) is 129 cm³/mol. The first-order valence-corrected chi connectivity index (χ1v) is 11.6. The van der Waals surface area contributed by atoms with Crippen molar-refractivity contribution < 1.29 is 19.1 Å². The molecular weight excluding hydrogens is 440 g/mol. The van der Waals surface area contributed by atoms with Gasteiger partial charge in [-0.25, -0.2) is 0 Å². The van der Waals surface area contributed by atoms with E-state index in [1.807, 2.05) is 24.3 Å². The van der Waals surface area contributed by atoms with Crippen molar-refractivity contribution in [3.63, 3.8) is 0 Å². The van der Waals surface area contributed by atoms with Crippen LogP contribution >= 0.6 is 11.3 Å². The lowest BCUT2D eigenvalue weighted by atomic mass is 10.1. The van der Waals surface area contributed by atoms with Crippen LogP contribution in [-0.4, -0.2) is 54.2 Å². The van der Waals surface area contributed by atoms with Gasteiger partial charge >= 0.3 is 0 Å². The Bertz CT molecular complexity index is 1070. The van der Waals surface area contributed by atoms with Crippen LogP contribution in [0.2, 0.25) is 0 Å². The van der Waals surface area contributed by atoms with Gasteiger partial charge in [0.25, 0.3) is 5.91 Å². The number of unbranched alkanes of at least 4 members (excludes halogenated alkanes) is 1. The first-order chi connectivity index (χ1) is 16.0. The third-order valence-corrected chi connectivity index (χ3v) is 5.89. The van der Waals surface area contributed by atoms with Crippen LogP contribution in [0.3, 0.4) is 0 Å². The molecule has 0 atom stereocenters. The number of nitrogens with zero attached hydrogens (tertiary/aromatic N) is 3. The molecule has 8 nitrogen and oxygen atoms in total. The van der Waals surface area contributed by atoms with E-state index in [1.165, 1.54) is 11.3 Å². The van der Waals surface area contributed by atoms with Gasteiger partial charge in [0.05, 0.1) is 14.2 Å². The van der Waals surface area contributed by atoms with Crippen LogP contribution < -0.4 is 14.8 Å². The third-order valence-electron chi connectivity index (χ3n) is 5.00. The van der Waals surface area contributed by atoms with E-state index in [0.717, 1.165) is 24.2 Å². The molecule has 0 bridgehead atoms. The van der Waals surface area contributed by atoms with E-state index in [-0.39, 0.29) is 18.2 Å². The zero-order valence-corrected chi connectivity index (χ0v) is 19.9.